The number of rotatable bonds is 4. The molecule has 1 aromatic heterocycles. The van der Waals surface area contributed by atoms with Crippen molar-refractivity contribution in [1.29, 1.82) is 0 Å². The van der Waals surface area contributed by atoms with Gasteiger partial charge >= 0.3 is 0 Å². The van der Waals surface area contributed by atoms with Crippen LogP contribution in [-0.2, 0) is 11.2 Å². The minimum Gasteiger partial charge on any atom is -0.385 e. The molecule has 0 aliphatic heterocycles. The van der Waals surface area contributed by atoms with E-state index < -0.39 is 6.10 Å². The number of hydrogen-bond donors (Lipinski definition) is 2. The first-order chi connectivity index (χ1) is 6.63. The zero-order valence-electron chi connectivity index (χ0n) is 8.10. The van der Waals surface area contributed by atoms with E-state index in [1.807, 2.05) is 0 Å². The van der Waals surface area contributed by atoms with Crippen molar-refractivity contribution in [3.05, 3.63) is 23.9 Å². The summed E-state index contributed by atoms with van der Waals surface area (Å²) in [6, 6.07) is 3.36. The molecule has 0 fully saturated rings. The van der Waals surface area contributed by atoms with Crippen molar-refractivity contribution < 1.29 is 9.90 Å². The Morgan fingerprint density at radius 2 is 2.43 bits per heavy atom. The summed E-state index contributed by atoms with van der Waals surface area (Å²) in [5.41, 5.74) is 6.25. The van der Waals surface area contributed by atoms with Crippen LogP contribution in [0.25, 0.3) is 0 Å². The molecule has 1 heterocycles. The molecular formula is C10H14N2O2. The Balaban J connectivity index is 2.65. The topological polar surface area (TPSA) is 76.2 Å². The van der Waals surface area contributed by atoms with Gasteiger partial charge in [-0.3, -0.25) is 4.79 Å². The van der Waals surface area contributed by atoms with Crippen LogP contribution in [0.15, 0.2) is 18.3 Å². The van der Waals surface area contributed by atoms with Crippen molar-refractivity contribution in [3.8, 4) is 0 Å². The first-order valence-corrected chi connectivity index (χ1v) is 4.54. The lowest BCUT2D eigenvalue weighted by Crippen LogP contribution is -2.21. The Morgan fingerprint density at radius 3 is 3.00 bits per heavy atom. The molecular weight excluding hydrogens is 180 g/mol. The highest BCUT2D eigenvalue weighted by molar-refractivity contribution is 5.84. The monoisotopic (exact) mass is 194 g/mol. The standard InChI is InChI=1S/C10H14N2O2/c1-2-8(13)9(14)5-7-3-4-12-10(11)6-7/h3-4,6,8,13H,2,5H2,1H3,(H2,11,12). The van der Waals surface area contributed by atoms with Gasteiger partial charge in [0.15, 0.2) is 5.78 Å². The fourth-order valence-corrected chi connectivity index (χ4v) is 1.15. The maximum atomic E-state index is 11.3. The number of nitrogen functional groups attached to an aromatic ring is 1. The van der Waals surface area contributed by atoms with Crippen LogP contribution in [0.4, 0.5) is 5.82 Å². The van der Waals surface area contributed by atoms with Gasteiger partial charge in [-0.25, -0.2) is 4.98 Å². The van der Waals surface area contributed by atoms with Crippen molar-refractivity contribution in [2.75, 3.05) is 5.73 Å². The summed E-state index contributed by atoms with van der Waals surface area (Å²) < 4.78 is 0. The van der Waals surface area contributed by atoms with E-state index >= 15 is 0 Å². The molecule has 0 saturated heterocycles. The third-order valence-corrected chi connectivity index (χ3v) is 1.98. The molecule has 4 heteroatoms. The van der Waals surface area contributed by atoms with Crippen molar-refractivity contribution in [2.24, 2.45) is 0 Å². The molecule has 0 radical (unpaired) electrons. The molecule has 1 rings (SSSR count). The number of hydrogen-bond acceptors (Lipinski definition) is 4. The normalized spacial score (nSPS) is 12.4. The third kappa shape index (κ3) is 2.81. The summed E-state index contributed by atoms with van der Waals surface area (Å²) in [6.45, 7) is 1.77. The first-order valence-electron chi connectivity index (χ1n) is 4.54. The summed E-state index contributed by atoms with van der Waals surface area (Å²) in [6.07, 6.45) is 1.33. The highest BCUT2D eigenvalue weighted by atomic mass is 16.3. The van der Waals surface area contributed by atoms with Crippen LogP contribution in [-0.4, -0.2) is 22.0 Å². The van der Waals surface area contributed by atoms with Gasteiger partial charge in [0.05, 0.1) is 0 Å². The number of aliphatic hydroxyl groups excluding tert-OH is 1. The molecule has 0 aliphatic carbocycles. The van der Waals surface area contributed by atoms with Gasteiger partial charge in [0.1, 0.15) is 11.9 Å². The fraction of sp³-hybridized carbons (Fsp3) is 0.400. The number of aromatic nitrogens is 1. The summed E-state index contributed by atoms with van der Waals surface area (Å²) in [7, 11) is 0. The lowest BCUT2D eigenvalue weighted by Gasteiger charge is -2.06. The summed E-state index contributed by atoms with van der Waals surface area (Å²) in [4.78, 5) is 15.2. The molecule has 0 aliphatic rings. The largest absolute Gasteiger partial charge is 0.385 e. The van der Waals surface area contributed by atoms with E-state index in [1.165, 1.54) is 0 Å². The minimum absolute atomic E-state index is 0.182. The average Bonchev–Trinajstić information content (AvgIpc) is 2.16. The van der Waals surface area contributed by atoms with Gasteiger partial charge < -0.3 is 10.8 Å². The molecule has 4 nitrogen and oxygen atoms in total. The number of carbonyl (C=O) groups is 1. The number of Topliss-reactive ketones (excluding diaryl/α,β-unsaturated/α-hetero) is 1. The van der Waals surface area contributed by atoms with Crippen molar-refractivity contribution in [3.63, 3.8) is 0 Å². The van der Waals surface area contributed by atoms with E-state index in [9.17, 15) is 9.90 Å². The van der Waals surface area contributed by atoms with E-state index in [-0.39, 0.29) is 12.2 Å². The number of nitrogens with two attached hydrogens (primary N) is 1. The Bertz CT molecular complexity index is 326. The van der Waals surface area contributed by atoms with Crippen LogP contribution >= 0.6 is 0 Å². The summed E-state index contributed by atoms with van der Waals surface area (Å²) in [5, 5.41) is 9.26. The molecule has 76 valence electrons. The van der Waals surface area contributed by atoms with E-state index in [0.29, 0.717) is 12.2 Å². The second-order valence-electron chi connectivity index (χ2n) is 3.16. The van der Waals surface area contributed by atoms with Crippen LogP contribution in [0.5, 0.6) is 0 Å². The molecule has 1 unspecified atom stereocenters. The SMILES string of the molecule is CCC(O)C(=O)Cc1ccnc(N)c1. The Kier molecular flexibility index (Phi) is 3.59. The maximum absolute atomic E-state index is 11.3. The Labute approximate surface area is 82.8 Å². The van der Waals surface area contributed by atoms with Crippen LogP contribution in [0, 0.1) is 0 Å². The molecule has 0 aromatic carbocycles. The average molecular weight is 194 g/mol. The van der Waals surface area contributed by atoms with Gasteiger partial charge in [-0.1, -0.05) is 6.92 Å². The maximum Gasteiger partial charge on any atom is 0.165 e. The smallest absolute Gasteiger partial charge is 0.165 e. The van der Waals surface area contributed by atoms with Crippen LogP contribution in [0.3, 0.4) is 0 Å². The van der Waals surface area contributed by atoms with Crippen LogP contribution < -0.4 is 5.73 Å². The van der Waals surface area contributed by atoms with Gasteiger partial charge in [-0.15, -0.1) is 0 Å². The van der Waals surface area contributed by atoms with E-state index in [1.54, 1.807) is 25.3 Å². The first kappa shape index (κ1) is 10.7. The van der Waals surface area contributed by atoms with E-state index in [4.69, 9.17) is 5.73 Å². The molecule has 0 amide bonds. The lowest BCUT2D eigenvalue weighted by atomic mass is 10.1. The van der Waals surface area contributed by atoms with Crippen molar-refractivity contribution in [2.45, 2.75) is 25.9 Å². The van der Waals surface area contributed by atoms with Crippen molar-refractivity contribution >= 4 is 11.6 Å². The molecule has 14 heavy (non-hydrogen) atoms. The predicted molar refractivity (Wildman–Crippen MR) is 53.7 cm³/mol. The molecule has 0 spiro atoms. The number of anilines is 1. The van der Waals surface area contributed by atoms with Crippen LogP contribution in [0.1, 0.15) is 18.9 Å². The Morgan fingerprint density at radius 1 is 1.71 bits per heavy atom. The molecule has 3 N–H and O–H groups in total. The van der Waals surface area contributed by atoms with Gasteiger partial charge in [0, 0.05) is 12.6 Å². The van der Waals surface area contributed by atoms with Crippen LogP contribution in [0.2, 0.25) is 0 Å². The lowest BCUT2D eigenvalue weighted by molar-refractivity contribution is -0.126. The van der Waals surface area contributed by atoms with E-state index in [0.717, 1.165) is 5.56 Å². The second kappa shape index (κ2) is 4.72. The third-order valence-electron chi connectivity index (χ3n) is 1.98. The summed E-state index contributed by atoms with van der Waals surface area (Å²) >= 11 is 0. The molecule has 0 bridgehead atoms. The Hall–Kier alpha value is -1.42. The number of carbonyl (C=O) groups excluding carboxylic acids is 1. The van der Waals surface area contributed by atoms with E-state index in [2.05, 4.69) is 4.98 Å². The molecule has 1 aromatic rings. The van der Waals surface area contributed by atoms with Gasteiger partial charge in [-0.2, -0.15) is 0 Å². The van der Waals surface area contributed by atoms with Gasteiger partial charge in [-0.05, 0) is 24.1 Å². The number of aliphatic hydroxyl groups is 1. The quantitative estimate of drug-likeness (QED) is 0.733. The highest BCUT2D eigenvalue weighted by Crippen LogP contribution is 2.06. The number of pyridine rings is 1. The summed E-state index contributed by atoms with van der Waals surface area (Å²) in [5.74, 6) is 0.208. The zero-order valence-corrected chi connectivity index (χ0v) is 8.10. The zero-order chi connectivity index (χ0) is 10.6. The predicted octanol–water partition coefficient (Wildman–Crippen LogP) is 0.546. The van der Waals surface area contributed by atoms with Crippen molar-refractivity contribution in [1.82, 2.24) is 4.98 Å². The second-order valence-corrected chi connectivity index (χ2v) is 3.16. The number of nitrogens with zero attached hydrogens (tertiary/aromatic N) is 1. The number of ketones is 1. The van der Waals surface area contributed by atoms with Gasteiger partial charge in [0.25, 0.3) is 0 Å². The molecule has 1 atom stereocenters. The minimum atomic E-state index is -0.871. The molecule has 0 saturated carbocycles. The highest BCUT2D eigenvalue weighted by Gasteiger charge is 2.12. The fourth-order valence-electron chi connectivity index (χ4n) is 1.15. The van der Waals surface area contributed by atoms with Gasteiger partial charge in [0.2, 0.25) is 0 Å².